The Hall–Kier alpha value is 1.35. The van der Waals surface area contributed by atoms with Crippen LogP contribution in [0.25, 0.3) is 0 Å². The molecule has 6 heavy (non-hydrogen) atoms. The Bertz CT molecular complexity index is 94.0. The van der Waals surface area contributed by atoms with Crippen molar-refractivity contribution in [2.24, 2.45) is 0 Å². The Morgan fingerprint density at radius 3 is 1.50 bits per heavy atom. The molecule has 0 atom stereocenters. The molecule has 0 aliphatic heterocycles. The molecule has 0 aromatic rings. The van der Waals surface area contributed by atoms with E-state index in [1.165, 1.54) is 14.9 Å². The summed E-state index contributed by atoms with van der Waals surface area (Å²) in [6, 6.07) is 0. The van der Waals surface area contributed by atoms with E-state index >= 15 is 0 Å². The third kappa shape index (κ3) is 55.5. The van der Waals surface area contributed by atoms with Crippen molar-refractivity contribution in [3.63, 3.8) is 0 Å². The molecule has 0 heterocycles. The van der Waals surface area contributed by atoms with Crippen molar-refractivity contribution in [2.45, 2.75) is 0 Å². The summed E-state index contributed by atoms with van der Waals surface area (Å²) in [7, 11) is -3.79. The summed E-state index contributed by atoms with van der Waals surface area (Å²) in [4.78, 5) is 0. The van der Waals surface area contributed by atoms with Crippen molar-refractivity contribution >= 4 is 23.4 Å². The van der Waals surface area contributed by atoms with Crippen LogP contribution in [0.2, 0.25) is 0 Å². The van der Waals surface area contributed by atoms with E-state index in [4.69, 9.17) is 13.0 Å². The van der Waals surface area contributed by atoms with E-state index in [2.05, 4.69) is 0 Å². The van der Waals surface area contributed by atoms with Crippen molar-refractivity contribution in [2.75, 3.05) is 0 Å². The van der Waals surface area contributed by atoms with Crippen molar-refractivity contribution in [1.29, 1.82) is 0 Å². The SMILES string of the molecule is O=S(=O)(O)[Se].[Cd+2]. The fourth-order valence-electron chi connectivity index (χ4n) is 0. The Morgan fingerprint density at radius 2 is 1.50 bits per heavy atom. The summed E-state index contributed by atoms with van der Waals surface area (Å²) < 4.78 is 25.7. The van der Waals surface area contributed by atoms with Crippen LogP contribution in [0.1, 0.15) is 0 Å². The standard InChI is InChI=1S/Cd.HO3SSe/c;1-4(2,3)5/h;(H,1,2,3)/q+2;. The summed E-state index contributed by atoms with van der Waals surface area (Å²) in [6.07, 6.45) is 0. The largest absolute Gasteiger partial charge is 2.00 e. The zero-order chi connectivity index (χ0) is 4.50. The second-order valence-corrected chi connectivity index (χ2v) is 3.93. The van der Waals surface area contributed by atoms with Gasteiger partial charge in [0.25, 0.3) is 0 Å². The van der Waals surface area contributed by atoms with E-state index in [-0.39, 0.29) is 27.3 Å². The quantitative estimate of drug-likeness (QED) is 0.452. The van der Waals surface area contributed by atoms with Gasteiger partial charge in [-0.15, -0.1) is 0 Å². The molecule has 1 radical (unpaired) electrons. The molecule has 1 N–H and O–H groups in total. The first-order valence-corrected chi connectivity index (χ1v) is 4.15. The monoisotopic (exact) mass is 275 g/mol. The second-order valence-electron chi connectivity index (χ2n) is 0.428. The Balaban J connectivity index is 0. The van der Waals surface area contributed by atoms with E-state index in [0.29, 0.717) is 0 Å². The van der Waals surface area contributed by atoms with Gasteiger partial charge in [-0.05, 0) is 0 Å². The van der Waals surface area contributed by atoms with E-state index in [1.807, 2.05) is 0 Å². The first kappa shape index (κ1) is 10.4. The molecule has 0 aromatic heterocycles. The Morgan fingerprint density at radius 1 is 1.50 bits per heavy atom. The molecule has 0 saturated carbocycles. The molecule has 0 rings (SSSR count). The third-order valence-electron chi connectivity index (χ3n) is 0. The van der Waals surface area contributed by atoms with Gasteiger partial charge in [-0.25, -0.2) is 0 Å². The van der Waals surface area contributed by atoms with Crippen LogP contribution in [0.4, 0.5) is 0 Å². The maximum Gasteiger partial charge on any atom is 2.00 e. The van der Waals surface area contributed by atoms with Gasteiger partial charge < -0.3 is 0 Å². The first-order chi connectivity index (χ1) is 2.00. The minimum Gasteiger partial charge on any atom is 2.00 e. The predicted molar refractivity (Wildman–Crippen MR) is 17.3 cm³/mol. The molecule has 0 aliphatic carbocycles. The van der Waals surface area contributed by atoms with E-state index < -0.39 is 8.54 Å². The first-order valence-electron chi connectivity index (χ1n) is 0.683. The van der Waals surface area contributed by atoms with E-state index in [9.17, 15) is 0 Å². The van der Waals surface area contributed by atoms with Gasteiger partial charge in [-0.2, -0.15) is 0 Å². The minimum atomic E-state index is -3.79. The zero-order valence-electron chi connectivity index (χ0n) is 2.79. The topological polar surface area (TPSA) is 54.4 Å². The molecule has 0 spiro atoms. The molecule has 3 nitrogen and oxygen atoms in total. The van der Waals surface area contributed by atoms with Crippen molar-refractivity contribution < 1.29 is 40.3 Å². The number of hydrogen-bond acceptors (Lipinski definition) is 2. The van der Waals surface area contributed by atoms with Crippen LogP contribution in [-0.2, 0) is 35.8 Å². The number of hydrogen-bond donors (Lipinski definition) is 1. The molecule has 31 valence electrons. The number of rotatable bonds is 0. The van der Waals surface area contributed by atoms with Crippen LogP contribution in [0.15, 0.2) is 0 Å². The third-order valence-corrected chi connectivity index (χ3v) is 0. The molecular weight excluding hydrogens is 271 g/mol. The Kier molecular flexibility index (Phi) is 5.81. The van der Waals surface area contributed by atoms with E-state index in [1.54, 1.807) is 0 Å². The Labute approximate surface area is 63.3 Å². The average Bonchev–Trinajstić information content (AvgIpc) is 0.722. The molecule has 0 unspecified atom stereocenters. The van der Waals surface area contributed by atoms with Gasteiger partial charge in [0.1, 0.15) is 0 Å². The summed E-state index contributed by atoms with van der Waals surface area (Å²) in [5, 5.41) is 0. The smallest absolute Gasteiger partial charge is 2.00 e. The maximum atomic E-state index is 9.13. The molecule has 0 saturated heterocycles. The van der Waals surface area contributed by atoms with Gasteiger partial charge in [-0.3, -0.25) is 0 Å². The van der Waals surface area contributed by atoms with Gasteiger partial charge in [0.05, 0.1) is 0 Å². The molecular formula is HCdO3SSe+2. The van der Waals surface area contributed by atoms with Crippen LogP contribution in [0.3, 0.4) is 0 Å². The average molecular weight is 272 g/mol. The van der Waals surface area contributed by atoms with Crippen LogP contribution >= 0.6 is 0 Å². The molecule has 0 bridgehead atoms. The van der Waals surface area contributed by atoms with Crippen LogP contribution in [0.5, 0.6) is 0 Å². The van der Waals surface area contributed by atoms with Crippen molar-refractivity contribution in [1.82, 2.24) is 0 Å². The molecule has 0 fully saturated rings. The normalized spacial score (nSPS) is 9.67. The van der Waals surface area contributed by atoms with Crippen LogP contribution in [-0.4, -0.2) is 27.9 Å². The molecule has 6 heteroatoms. The maximum absolute atomic E-state index is 9.13. The van der Waals surface area contributed by atoms with Crippen LogP contribution in [0, 0.1) is 0 Å². The van der Waals surface area contributed by atoms with Gasteiger partial charge in [0, 0.05) is 0 Å². The summed E-state index contributed by atoms with van der Waals surface area (Å²) >= 11 is 1.51. The molecule has 0 aromatic carbocycles. The summed E-state index contributed by atoms with van der Waals surface area (Å²) in [5.74, 6) is 0. The van der Waals surface area contributed by atoms with Gasteiger partial charge in [-0.1, -0.05) is 0 Å². The van der Waals surface area contributed by atoms with E-state index in [0.717, 1.165) is 0 Å². The fourth-order valence-corrected chi connectivity index (χ4v) is 0. The fraction of sp³-hybridized carbons (Fsp3) is 0. The van der Waals surface area contributed by atoms with Gasteiger partial charge >= 0.3 is 63.7 Å². The minimum absolute atomic E-state index is 0. The zero-order valence-corrected chi connectivity index (χ0v) is 9.35. The summed E-state index contributed by atoms with van der Waals surface area (Å²) in [6.45, 7) is 0. The van der Waals surface area contributed by atoms with Crippen molar-refractivity contribution in [3.8, 4) is 0 Å². The van der Waals surface area contributed by atoms with Crippen LogP contribution < -0.4 is 0 Å². The molecule has 0 amide bonds. The summed E-state index contributed by atoms with van der Waals surface area (Å²) in [5.41, 5.74) is 0. The molecule has 0 aliphatic rings. The predicted octanol–water partition coefficient (Wildman–Crippen LogP) is -1.04. The van der Waals surface area contributed by atoms with Gasteiger partial charge in [0.2, 0.25) is 0 Å². The second kappa shape index (κ2) is 3.37. The van der Waals surface area contributed by atoms with Gasteiger partial charge in [0.15, 0.2) is 0 Å². The van der Waals surface area contributed by atoms with Crippen molar-refractivity contribution in [3.05, 3.63) is 0 Å².